The summed E-state index contributed by atoms with van der Waals surface area (Å²) in [6.45, 7) is 2.04. The van der Waals surface area contributed by atoms with Gasteiger partial charge in [-0.2, -0.15) is 0 Å². The Morgan fingerprint density at radius 3 is 2.69 bits per heavy atom. The van der Waals surface area contributed by atoms with E-state index in [1.54, 1.807) is 0 Å². The second-order valence-corrected chi connectivity index (χ2v) is 6.99. The maximum Gasteiger partial charge on any atom is 0.223 e. The first-order valence-corrected chi connectivity index (χ1v) is 9.54. The van der Waals surface area contributed by atoms with Gasteiger partial charge >= 0.3 is 0 Å². The molecule has 1 saturated heterocycles. The summed E-state index contributed by atoms with van der Waals surface area (Å²) in [5.41, 5.74) is 2.45. The predicted molar refractivity (Wildman–Crippen MR) is 101 cm³/mol. The average molecular weight is 351 g/mol. The van der Waals surface area contributed by atoms with E-state index in [1.165, 1.54) is 5.56 Å². The highest BCUT2D eigenvalue weighted by Gasteiger charge is 2.30. The first kappa shape index (κ1) is 17.0. The molecule has 2 aromatic rings. The zero-order chi connectivity index (χ0) is 17.8. The Labute approximate surface area is 154 Å². The number of carbonyl (C=O) groups is 1. The Bertz CT molecular complexity index is 759. The summed E-state index contributed by atoms with van der Waals surface area (Å²) >= 11 is 0. The topological polar surface area (TPSA) is 38.8 Å². The van der Waals surface area contributed by atoms with Crippen LogP contribution in [0.3, 0.4) is 0 Å². The molecule has 2 aliphatic heterocycles. The zero-order valence-corrected chi connectivity index (χ0v) is 15.0. The van der Waals surface area contributed by atoms with E-state index in [-0.39, 0.29) is 11.9 Å². The number of ether oxygens (including phenoxy) is 2. The zero-order valence-electron chi connectivity index (χ0n) is 15.0. The number of rotatable bonds is 5. The van der Waals surface area contributed by atoms with E-state index in [0.717, 1.165) is 49.3 Å². The normalized spacial score (nSPS) is 18.8. The fourth-order valence-corrected chi connectivity index (χ4v) is 3.91. The number of nitrogens with zero attached hydrogens (tertiary/aromatic N) is 1. The molecule has 0 aromatic heterocycles. The van der Waals surface area contributed by atoms with Crippen molar-refractivity contribution in [2.75, 3.05) is 19.8 Å². The molecular formula is C22H25NO3. The van der Waals surface area contributed by atoms with Crippen LogP contribution in [0.25, 0.3) is 0 Å². The molecule has 4 heteroatoms. The fourth-order valence-electron chi connectivity index (χ4n) is 3.91. The standard InChI is InChI=1S/C22H25NO3/c24-22(10-4-8-17-6-2-1-3-7-17)23-13-5-9-19(23)18-11-12-20-21(16-18)26-15-14-25-20/h1-3,6-7,11-12,16,19H,4-5,8-10,13-15H2. The molecule has 0 aliphatic carbocycles. The molecule has 0 radical (unpaired) electrons. The SMILES string of the molecule is O=C(CCCc1ccccc1)N1CCCC1c1ccc2c(c1)OCCO2. The van der Waals surface area contributed by atoms with Crippen LogP contribution in [0, 0.1) is 0 Å². The van der Waals surface area contributed by atoms with Crippen molar-refractivity contribution in [2.24, 2.45) is 0 Å². The Balaban J connectivity index is 1.39. The van der Waals surface area contributed by atoms with Crippen LogP contribution in [0.2, 0.25) is 0 Å². The first-order chi connectivity index (χ1) is 12.8. The summed E-state index contributed by atoms with van der Waals surface area (Å²) in [6, 6.07) is 16.6. The van der Waals surface area contributed by atoms with Gasteiger partial charge in [-0.05, 0) is 48.9 Å². The Morgan fingerprint density at radius 2 is 1.85 bits per heavy atom. The minimum Gasteiger partial charge on any atom is -0.486 e. The second kappa shape index (κ2) is 7.81. The lowest BCUT2D eigenvalue weighted by Crippen LogP contribution is -2.30. The van der Waals surface area contributed by atoms with Gasteiger partial charge in [0.25, 0.3) is 0 Å². The van der Waals surface area contributed by atoms with Crippen LogP contribution in [0.4, 0.5) is 0 Å². The largest absolute Gasteiger partial charge is 0.486 e. The van der Waals surface area contributed by atoms with E-state index in [0.29, 0.717) is 19.6 Å². The third-order valence-electron chi connectivity index (χ3n) is 5.22. The molecule has 0 bridgehead atoms. The third kappa shape index (κ3) is 3.69. The highest BCUT2D eigenvalue weighted by atomic mass is 16.6. The fraction of sp³-hybridized carbons (Fsp3) is 0.409. The lowest BCUT2D eigenvalue weighted by molar-refractivity contribution is -0.132. The lowest BCUT2D eigenvalue weighted by Gasteiger charge is -2.27. The van der Waals surface area contributed by atoms with Gasteiger partial charge in [-0.25, -0.2) is 0 Å². The van der Waals surface area contributed by atoms with Crippen LogP contribution in [0.5, 0.6) is 11.5 Å². The summed E-state index contributed by atoms with van der Waals surface area (Å²) in [7, 11) is 0. The van der Waals surface area contributed by atoms with E-state index in [9.17, 15) is 4.79 Å². The molecule has 4 rings (SSSR count). The molecule has 1 unspecified atom stereocenters. The van der Waals surface area contributed by atoms with Gasteiger partial charge in [0.2, 0.25) is 5.91 Å². The van der Waals surface area contributed by atoms with Crippen molar-refractivity contribution in [2.45, 2.75) is 38.1 Å². The third-order valence-corrected chi connectivity index (χ3v) is 5.22. The quantitative estimate of drug-likeness (QED) is 0.812. The van der Waals surface area contributed by atoms with Gasteiger partial charge in [0.1, 0.15) is 13.2 Å². The molecule has 2 aliphatic rings. The maximum atomic E-state index is 12.8. The van der Waals surface area contributed by atoms with Crippen LogP contribution in [-0.2, 0) is 11.2 Å². The van der Waals surface area contributed by atoms with E-state index >= 15 is 0 Å². The summed E-state index contributed by atoms with van der Waals surface area (Å²) < 4.78 is 11.3. The lowest BCUT2D eigenvalue weighted by atomic mass is 10.0. The van der Waals surface area contributed by atoms with Crippen LogP contribution in [0.15, 0.2) is 48.5 Å². The molecule has 1 fully saturated rings. The molecule has 0 saturated carbocycles. The van der Waals surface area contributed by atoms with Crippen molar-refractivity contribution in [3.63, 3.8) is 0 Å². The van der Waals surface area contributed by atoms with Crippen LogP contribution in [0.1, 0.15) is 42.9 Å². The number of benzene rings is 2. The molecule has 0 spiro atoms. The van der Waals surface area contributed by atoms with Gasteiger partial charge in [0.05, 0.1) is 6.04 Å². The van der Waals surface area contributed by atoms with E-state index in [4.69, 9.17) is 9.47 Å². The van der Waals surface area contributed by atoms with Gasteiger partial charge in [0.15, 0.2) is 11.5 Å². The molecule has 0 N–H and O–H groups in total. The van der Waals surface area contributed by atoms with Gasteiger partial charge in [-0.3, -0.25) is 4.79 Å². The molecule has 26 heavy (non-hydrogen) atoms. The van der Waals surface area contributed by atoms with E-state index < -0.39 is 0 Å². The number of carbonyl (C=O) groups excluding carboxylic acids is 1. The van der Waals surface area contributed by atoms with Crippen molar-refractivity contribution in [3.8, 4) is 11.5 Å². The van der Waals surface area contributed by atoms with Gasteiger partial charge in [-0.15, -0.1) is 0 Å². The Morgan fingerprint density at radius 1 is 1.04 bits per heavy atom. The molecule has 1 atom stereocenters. The summed E-state index contributed by atoms with van der Waals surface area (Å²) in [4.78, 5) is 14.8. The Hall–Kier alpha value is -2.49. The van der Waals surface area contributed by atoms with Gasteiger partial charge in [-0.1, -0.05) is 36.4 Å². The highest BCUT2D eigenvalue weighted by molar-refractivity contribution is 5.77. The monoisotopic (exact) mass is 351 g/mol. The van der Waals surface area contributed by atoms with Gasteiger partial charge < -0.3 is 14.4 Å². The first-order valence-electron chi connectivity index (χ1n) is 9.54. The summed E-state index contributed by atoms with van der Waals surface area (Å²) in [5, 5.41) is 0. The van der Waals surface area contributed by atoms with Gasteiger partial charge in [0, 0.05) is 13.0 Å². The summed E-state index contributed by atoms with van der Waals surface area (Å²) in [6.07, 6.45) is 4.53. The van der Waals surface area contributed by atoms with E-state index in [2.05, 4.69) is 41.3 Å². The second-order valence-electron chi connectivity index (χ2n) is 6.99. The maximum absolute atomic E-state index is 12.8. The van der Waals surface area contributed by atoms with Crippen molar-refractivity contribution >= 4 is 5.91 Å². The van der Waals surface area contributed by atoms with Crippen molar-refractivity contribution < 1.29 is 14.3 Å². The number of likely N-dealkylation sites (tertiary alicyclic amines) is 1. The molecule has 136 valence electrons. The smallest absolute Gasteiger partial charge is 0.223 e. The van der Waals surface area contributed by atoms with Crippen molar-refractivity contribution in [1.29, 1.82) is 0 Å². The molecular weight excluding hydrogens is 326 g/mol. The van der Waals surface area contributed by atoms with Crippen LogP contribution >= 0.6 is 0 Å². The molecule has 4 nitrogen and oxygen atoms in total. The van der Waals surface area contributed by atoms with Crippen LogP contribution < -0.4 is 9.47 Å². The van der Waals surface area contributed by atoms with E-state index in [1.807, 2.05) is 12.1 Å². The Kier molecular flexibility index (Phi) is 5.09. The van der Waals surface area contributed by atoms with Crippen molar-refractivity contribution in [1.82, 2.24) is 4.90 Å². The highest BCUT2D eigenvalue weighted by Crippen LogP contribution is 2.38. The average Bonchev–Trinajstić information content (AvgIpc) is 3.18. The number of hydrogen-bond donors (Lipinski definition) is 0. The molecule has 1 amide bonds. The number of amides is 1. The van der Waals surface area contributed by atoms with Crippen LogP contribution in [-0.4, -0.2) is 30.6 Å². The minimum atomic E-state index is 0.162. The predicted octanol–water partition coefficient (Wildman–Crippen LogP) is 4.14. The number of fused-ring (bicyclic) bond motifs is 1. The summed E-state index contributed by atoms with van der Waals surface area (Å²) in [5.74, 6) is 1.87. The molecule has 2 aromatic carbocycles. The number of hydrogen-bond acceptors (Lipinski definition) is 3. The molecule has 2 heterocycles. The van der Waals surface area contributed by atoms with Crippen molar-refractivity contribution in [3.05, 3.63) is 59.7 Å². The minimum absolute atomic E-state index is 0.162. The number of aryl methyl sites for hydroxylation is 1.